The molecule has 112 valence electrons. The normalized spacial score (nSPS) is 10.9. The summed E-state index contributed by atoms with van der Waals surface area (Å²) in [6, 6.07) is 7.87. The number of anilines is 2. The Kier molecular flexibility index (Phi) is 5.39. The summed E-state index contributed by atoms with van der Waals surface area (Å²) in [7, 11) is 0. The molecule has 0 atom stereocenters. The number of hydrogen-bond acceptors (Lipinski definition) is 3. The van der Waals surface area contributed by atoms with Gasteiger partial charge in [0, 0.05) is 30.5 Å². The second-order valence-corrected chi connectivity index (χ2v) is 5.77. The van der Waals surface area contributed by atoms with E-state index in [0.717, 1.165) is 12.1 Å². The zero-order valence-corrected chi connectivity index (χ0v) is 13.1. The number of halogens is 1. The van der Waals surface area contributed by atoms with Gasteiger partial charge in [0.25, 0.3) is 5.56 Å². The molecule has 0 aliphatic rings. The maximum Gasteiger partial charge on any atom is 0.293 e. The fraction of sp³-hybridized carbons (Fsp3) is 0.375. The predicted molar refractivity (Wildman–Crippen MR) is 87.5 cm³/mol. The van der Waals surface area contributed by atoms with Crippen molar-refractivity contribution in [3.05, 3.63) is 52.6 Å². The molecule has 21 heavy (non-hydrogen) atoms. The van der Waals surface area contributed by atoms with E-state index in [1.807, 2.05) is 24.3 Å². The molecule has 2 aromatic rings. The second kappa shape index (κ2) is 7.27. The van der Waals surface area contributed by atoms with Crippen molar-refractivity contribution in [1.29, 1.82) is 0 Å². The van der Waals surface area contributed by atoms with Crippen molar-refractivity contribution in [2.24, 2.45) is 5.92 Å². The van der Waals surface area contributed by atoms with Crippen molar-refractivity contribution in [2.75, 3.05) is 11.2 Å². The van der Waals surface area contributed by atoms with Gasteiger partial charge in [0.15, 0.2) is 5.82 Å². The van der Waals surface area contributed by atoms with Gasteiger partial charge in [0.05, 0.1) is 0 Å². The summed E-state index contributed by atoms with van der Waals surface area (Å²) in [6.45, 7) is 4.84. The van der Waals surface area contributed by atoms with E-state index in [-0.39, 0.29) is 5.56 Å². The van der Waals surface area contributed by atoms with Crippen LogP contribution in [0.25, 0.3) is 0 Å². The van der Waals surface area contributed by atoms with E-state index in [4.69, 9.17) is 11.6 Å². The first-order valence-electron chi connectivity index (χ1n) is 7.07. The molecule has 0 unspecified atom stereocenters. The number of benzene rings is 1. The van der Waals surface area contributed by atoms with Gasteiger partial charge < -0.3 is 9.88 Å². The van der Waals surface area contributed by atoms with Gasteiger partial charge in [-0.2, -0.15) is 0 Å². The Morgan fingerprint density at radius 1 is 1.29 bits per heavy atom. The van der Waals surface area contributed by atoms with E-state index in [2.05, 4.69) is 24.1 Å². The van der Waals surface area contributed by atoms with Gasteiger partial charge in [-0.1, -0.05) is 26.0 Å². The number of alkyl halides is 1. The molecule has 0 spiro atoms. The van der Waals surface area contributed by atoms with Gasteiger partial charge >= 0.3 is 0 Å². The quantitative estimate of drug-likeness (QED) is 0.832. The average Bonchev–Trinajstić information content (AvgIpc) is 2.45. The Hall–Kier alpha value is -1.81. The van der Waals surface area contributed by atoms with E-state index in [1.54, 1.807) is 17.0 Å². The Bertz CT molecular complexity index is 635. The fourth-order valence-corrected chi connectivity index (χ4v) is 2.29. The van der Waals surface area contributed by atoms with Crippen molar-refractivity contribution >= 4 is 23.1 Å². The smallest absolute Gasteiger partial charge is 0.293 e. The number of rotatable bonds is 6. The zero-order valence-electron chi connectivity index (χ0n) is 12.3. The Morgan fingerprint density at radius 2 is 2.00 bits per heavy atom. The summed E-state index contributed by atoms with van der Waals surface area (Å²) < 4.78 is 1.68. The van der Waals surface area contributed by atoms with Crippen molar-refractivity contribution in [3.8, 4) is 0 Å². The Balaban J connectivity index is 2.17. The maximum atomic E-state index is 12.3. The van der Waals surface area contributed by atoms with Gasteiger partial charge in [-0.3, -0.25) is 4.79 Å². The van der Waals surface area contributed by atoms with Crippen LogP contribution in [0.5, 0.6) is 0 Å². The number of hydrogen-bond donors (Lipinski definition) is 1. The number of aryl methyl sites for hydroxylation is 1. The highest BCUT2D eigenvalue weighted by Gasteiger charge is 2.06. The third-order valence-electron chi connectivity index (χ3n) is 3.08. The molecular weight excluding hydrogens is 286 g/mol. The molecule has 4 nitrogen and oxygen atoms in total. The van der Waals surface area contributed by atoms with Gasteiger partial charge in [0.1, 0.15) is 0 Å². The second-order valence-electron chi connectivity index (χ2n) is 5.39. The third-order valence-corrected chi connectivity index (χ3v) is 3.26. The molecule has 2 rings (SSSR count). The minimum absolute atomic E-state index is 0.101. The van der Waals surface area contributed by atoms with Crippen molar-refractivity contribution in [1.82, 2.24) is 9.55 Å². The lowest BCUT2D eigenvalue weighted by molar-refractivity contribution is 0.510. The number of nitrogens with zero attached hydrogens (tertiary/aromatic N) is 2. The highest BCUT2D eigenvalue weighted by atomic mass is 35.5. The predicted octanol–water partition coefficient (Wildman–Crippen LogP) is 3.42. The van der Waals surface area contributed by atoms with E-state index >= 15 is 0 Å². The monoisotopic (exact) mass is 305 g/mol. The molecule has 0 aliphatic heterocycles. The molecule has 0 amide bonds. The molecule has 0 aliphatic carbocycles. The molecule has 1 aromatic carbocycles. The van der Waals surface area contributed by atoms with Crippen LogP contribution in [0.2, 0.25) is 0 Å². The first-order valence-corrected chi connectivity index (χ1v) is 7.61. The van der Waals surface area contributed by atoms with Crippen LogP contribution >= 0.6 is 11.6 Å². The molecule has 0 fully saturated rings. The average molecular weight is 306 g/mol. The van der Waals surface area contributed by atoms with Gasteiger partial charge in [-0.05, 0) is 30.0 Å². The van der Waals surface area contributed by atoms with Crippen LogP contribution in [0.15, 0.2) is 41.5 Å². The van der Waals surface area contributed by atoms with Crippen LogP contribution in [-0.2, 0) is 13.0 Å². The summed E-state index contributed by atoms with van der Waals surface area (Å²) in [5.41, 5.74) is 1.92. The maximum absolute atomic E-state index is 12.3. The number of nitrogens with one attached hydrogen (secondary N) is 1. The topological polar surface area (TPSA) is 46.9 Å². The minimum Gasteiger partial charge on any atom is -0.336 e. The van der Waals surface area contributed by atoms with Crippen molar-refractivity contribution in [3.63, 3.8) is 0 Å². The molecule has 5 heteroatoms. The molecule has 0 bridgehead atoms. The molecule has 1 N–H and O–H groups in total. The highest BCUT2D eigenvalue weighted by Crippen LogP contribution is 2.13. The highest BCUT2D eigenvalue weighted by molar-refractivity contribution is 6.17. The standard InChI is InChI=1S/C16H20ClN3O/c1-12(2)11-20-10-9-18-15(16(20)21)19-14-5-3-13(4-6-14)7-8-17/h3-6,9-10,12H,7-8,11H2,1-2H3,(H,18,19). The van der Waals surface area contributed by atoms with Crippen LogP contribution < -0.4 is 10.9 Å². The molecule has 1 heterocycles. The first-order chi connectivity index (χ1) is 10.1. The lowest BCUT2D eigenvalue weighted by Crippen LogP contribution is -2.24. The fourth-order valence-electron chi connectivity index (χ4n) is 2.07. The molecule has 1 aromatic heterocycles. The van der Waals surface area contributed by atoms with Gasteiger partial charge in [-0.25, -0.2) is 4.98 Å². The van der Waals surface area contributed by atoms with Crippen LogP contribution in [0.4, 0.5) is 11.5 Å². The summed E-state index contributed by atoms with van der Waals surface area (Å²) in [6.07, 6.45) is 4.21. The van der Waals surface area contributed by atoms with Crippen molar-refractivity contribution < 1.29 is 0 Å². The van der Waals surface area contributed by atoms with E-state index in [1.165, 1.54) is 5.56 Å². The van der Waals surface area contributed by atoms with Gasteiger partial charge in [-0.15, -0.1) is 11.6 Å². The molecular formula is C16H20ClN3O. The van der Waals surface area contributed by atoms with Crippen LogP contribution in [-0.4, -0.2) is 15.4 Å². The third kappa shape index (κ3) is 4.33. The molecule has 0 saturated carbocycles. The van der Waals surface area contributed by atoms with E-state index in [9.17, 15) is 4.79 Å². The molecule has 0 saturated heterocycles. The Morgan fingerprint density at radius 3 is 2.62 bits per heavy atom. The summed E-state index contributed by atoms with van der Waals surface area (Å²) >= 11 is 5.72. The summed E-state index contributed by atoms with van der Waals surface area (Å²) in [5, 5.41) is 3.08. The largest absolute Gasteiger partial charge is 0.336 e. The summed E-state index contributed by atoms with van der Waals surface area (Å²) in [4.78, 5) is 16.4. The summed E-state index contributed by atoms with van der Waals surface area (Å²) in [5.74, 6) is 1.36. The van der Waals surface area contributed by atoms with Gasteiger partial charge in [0.2, 0.25) is 0 Å². The number of aromatic nitrogens is 2. The lowest BCUT2D eigenvalue weighted by atomic mass is 10.1. The molecule has 0 radical (unpaired) electrons. The first kappa shape index (κ1) is 15.6. The van der Waals surface area contributed by atoms with Crippen LogP contribution in [0, 0.1) is 5.92 Å². The van der Waals surface area contributed by atoms with Crippen LogP contribution in [0.1, 0.15) is 19.4 Å². The van der Waals surface area contributed by atoms with Crippen LogP contribution in [0.3, 0.4) is 0 Å². The minimum atomic E-state index is -0.101. The van der Waals surface area contributed by atoms with E-state index in [0.29, 0.717) is 24.2 Å². The zero-order chi connectivity index (χ0) is 15.2. The lowest BCUT2D eigenvalue weighted by Gasteiger charge is -2.11. The van der Waals surface area contributed by atoms with Crippen molar-refractivity contribution in [2.45, 2.75) is 26.8 Å². The SMILES string of the molecule is CC(C)Cn1ccnc(Nc2ccc(CCCl)cc2)c1=O. The Labute approximate surface area is 129 Å². The van der Waals surface area contributed by atoms with E-state index < -0.39 is 0 Å².